The van der Waals surface area contributed by atoms with E-state index in [0.29, 0.717) is 22.6 Å². The third-order valence-electron chi connectivity index (χ3n) is 3.32. The Morgan fingerprint density at radius 3 is 2.04 bits per heavy atom. The molecule has 0 heterocycles. The van der Waals surface area contributed by atoms with Gasteiger partial charge in [-0.05, 0) is 35.9 Å². The number of carboxylic acids is 2. The summed E-state index contributed by atoms with van der Waals surface area (Å²) in [6, 6.07) is 7.17. The Morgan fingerprint density at radius 2 is 1.52 bits per heavy atom. The quantitative estimate of drug-likeness (QED) is 0.724. The largest absolute Gasteiger partial charge is 0.497 e. The molecular weight excluding hydrogens is 302 g/mol. The van der Waals surface area contributed by atoms with Crippen molar-refractivity contribution < 1.29 is 29.3 Å². The molecule has 0 aliphatic carbocycles. The van der Waals surface area contributed by atoms with E-state index >= 15 is 0 Å². The topological polar surface area (TPSA) is 119 Å². The average molecular weight is 317 g/mol. The van der Waals surface area contributed by atoms with Crippen LogP contribution in [0.25, 0.3) is 11.1 Å². The monoisotopic (exact) mass is 317 g/mol. The van der Waals surface area contributed by atoms with Crippen molar-refractivity contribution >= 4 is 17.6 Å². The zero-order chi connectivity index (χ0) is 17.1. The van der Waals surface area contributed by atoms with Gasteiger partial charge in [-0.15, -0.1) is 0 Å². The number of rotatable bonds is 5. The van der Waals surface area contributed by atoms with Crippen molar-refractivity contribution in [1.29, 1.82) is 0 Å². The second-order valence-corrected chi connectivity index (χ2v) is 4.70. The predicted octanol–water partition coefficient (Wildman–Crippen LogP) is 2.35. The van der Waals surface area contributed by atoms with Crippen LogP contribution in [0.2, 0.25) is 0 Å². The van der Waals surface area contributed by atoms with E-state index in [4.69, 9.17) is 15.2 Å². The molecule has 0 unspecified atom stereocenters. The Hall–Kier alpha value is -3.22. The Labute approximate surface area is 131 Å². The van der Waals surface area contributed by atoms with E-state index in [1.165, 1.54) is 32.4 Å². The van der Waals surface area contributed by atoms with Gasteiger partial charge in [0.15, 0.2) is 0 Å². The number of hydrogen-bond donors (Lipinski definition) is 3. The molecule has 0 radical (unpaired) electrons. The van der Waals surface area contributed by atoms with Gasteiger partial charge in [-0.3, -0.25) is 0 Å². The molecule has 0 bridgehead atoms. The van der Waals surface area contributed by atoms with E-state index in [-0.39, 0.29) is 16.8 Å². The van der Waals surface area contributed by atoms with Gasteiger partial charge in [-0.2, -0.15) is 0 Å². The molecule has 4 N–H and O–H groups in total. The first-order valence-corrected chi connectivity index (χ1v) is 6.51. The molecule has 0 fully saturated rings. The van der Waals surface area contributed by atoms with Gasteiger partial charge < -0.3 is 25.4 Å². The zero-order valence-electron chi connectivity index (χ0n) is 12.5. The minimum absolute atomic E-state index is 0.00144. The molecule has 7 nitrogen and oxygen atoms in total. The molecule has 2 rings (SSSR count). The van der Waals surface area contributed by atoms with E-state index in [1.807, 2.05) is 0 Å². The fourth-order valence-corrected chi connectivity index (χ4v) is 2.16. The van der Waals surface area contributed by atoms with E-state index in [2.05, 4.69) is 0 Å². The first-order valence-electron chi connectivity index (χ1n) is 6.51. The molecule has 0 aromatic heterocycles. The summed E-state index contributed by atoms with van der Waals surface area (Å²) in [7, 11) is 2.80. The Kier molecular flexibility index (Phi) is 4.40. The maximum Gasteiger partial charge on any atom is 0.337 e. The van der Waals surface area contributed by atoms with E-state index < -0.39 is 11.9 Å². The van der Waals surface area contributed by atoms with Crippen LogP contribution in [0, 0.1) is 0 Å². The molecule has 120 valence electrons. The molecule has 2 aromatic rings. The van der Waals surface area contributed by atoms with Crippen LogP contribution in [-0.2, 0) is 0 Å². The van der Waals surface area contributed by atoms with Crippen molar-refractivity contribution in [2.75, 3.05) is 20.0 Å². The van der Waals surface area contributed by atoms with Crippen LogP contribution >= 0.6 is 0 Å². The van der Waals surface area contributed by atoms with E-state index in [1.54, 1.807) is 12.1 Å². The molecule has 23 heavy (non-hydrogen) atoms. The first kappa shape index (κ1) is 16.2. The van der Waals surface area contributed by atoms with Crippen molar-refractivity contribution in [3.05, 3.63) is 41.5 Å². The van der Waals surface area contributed by atoms with Gasteiger partial charge in [0.25, 0.3) is 0 Å². The van der Waals surface area contributed by atoms with Gasteiger partial charge in [-0.25, -0.2) is 9.59 Å². The van der Waals surface area contributed by atoms with E-state index in [9.17, 15) is 19.8 Å². The molecule has 0 amide bonds. The van der Waals surface area contributed by atoms with Crippen LogP contribution in [-0.4, -0.2) is 36.4 Å². The number of carboxylic acid groups (broad SMARTS) is 2. The molecule has 0 saturated heterocycles. The summed E-state index contributed by atoms with van der Waals surface area (Å²) in [6.07, 6.45) is 0. The summed E-state index contributed by atoms with van der Waals surface area (Å²) >= 11 is 0. The van der Waals surface area contributed by atoms with Gasteiger partial charge in [0.2, 0.25) is 0 Å². The highest BCUT2D eigenvalue weighted by atomic mass is 16.5. The normalized spacial score (nSPS) is 10.2. The lowest BCUT2D eigenvalue weighted by atomic mass is 9.97. The van der Waals surface area contributed by atoms with Crippen LogP contribution in [0.1, 0.15) is 20.7 Å². The number of nitrogen functional groups attached to an aromatic ring is 1. The number of carbonyl (C=O) groups is 2. The molecule has 0 atom stereocenters. The second kappa shape index (κ2) is 6.27. The number of ether oxygens (including phenoxy) is 2. The fourth-order valence-electron chi connectivity index (χ4n) is 2.16. The van der Waals surface area contributed by atoms with Crippen LogP contribution in [0.5, 0.6) is 11.5 Å². The highest BCUT2D eigenvalue weighted by Gasteiger charge is 2.17. The van der Waals surface area contributed by atoms with Crippen LogP contribution in [0.3, 0.4) is 0 Å². The van der Waals surface area contributed by atoms with E-state index in [0.717, 1.165) is 0 Å². The van der Waals surface area contributed by atoms with Gasteiger partial charge in [-0.1, -0.05) is 0 Å². The van der Waals surface area contributed by atoms with Crippen molar-refractivity contribution in [1.82, 2.24) is 0 Å². The van der Waals surface area contributed by atoms with Crippen molar-refractivity contribution in [2.24, 2.45) is 0 Å². The Balaban J connectivity index is 2.75. The van der Waals surface area contributed by atoms with Crippen LogP contribution < -0.4 is 15.2 Å². The number of benzene rings is 2. The summed E-state index contributed by atoms with van der Waals surface area (Å²) in [5, 5.41) is 18.4. The number of aromatic carboxylic acids is 2. The Bertz CT molecular complexity index is 784. The smallest absolute Gasteiger partial charge is 0.337 e. The minimum atomic E-state index is -1.20. The number of nitrogens with two attached hydrogens (primary N) is 1. The molecular formula is C16H15NO6. The molecule has 0 spiro atoms. The highest BCUT2D eigenvalue weighted by molar-refractivity contribution is 6.00. The van der Waals surface area contributed by atoms with Crippen molar-refractivity contribution in [2.45, 2.75) is 0 Å². The number of methoxy groups -OCH3 is 2. The third kappa shape index (κ3) is 3.18. The lowest BCUT2D eigenvalue weighted by molar-refractivity contribution is 0.0686. The highest BCUT2D eigenvalue weighted by Crippen LogP contribution is 2.35. The number of hydrogen-bond acceptors (Lipinski definition) is 5. The summed E-state index contributed by atoms with van der Waals surface area (Å²) in [5.41, 5.74) is 6.59. The Morgan fingerprint density at radius 1 is 0.913 bits per heavy atom. The van der Waals surface area contributed by atoms with Crippen LogP contribution in [0.4, 0.5) is 5.69 Å². The molecule has 2 aromatic carbocycles. The summed E-state index contributed by atoms with van der Waals surface area (Å²) in [6.45, 7) is 0. The van der Waals surface area contributed by atoms with Gasteiger partial charge in [0.1, 0.15) is 11.5 Å². The van der Waals surface area contributed by atoms with Gasteiger partial charge in [0.05, 0.1) is 31.0 Å². The van der Waals surface area contributed by atoms with Crippen molar-refractivity contribution in [3.8, 4) is 22.6 Å². The molecule has 7 heteroatoms. The summed E-state index contributed by atoms with van der Waals surface area (Å²) in [4.78, 5) is 22.5. The summed E-state index contributed by atoms with van der Waals surface area (Å²) < 4.78 is 10.2. The lowest BCUT2D eigenvalue weighted by Crippen LogP contribution is -2.05. The molecule has 0 saturated carbocycles. The number of anilines is 1. The minimum Gasteiger partial charge on any atom is -0.497 e. The standard InChI is InChI=1S/C16H15NO6/c1-22-10-4-8(3-9(5-10)15(18)19)12-6-11(23-2)7-13(14(12)17)16(20)21/h3-7H,17H2,1-2H3,(H,18,19)(H,20,21). The summed E-state index contributed by atoms with van der Waals surface area (Å²) in [5.74, 6) is -1.72. The SMILES string of the molecule is COc1cc(C(=O)O)cc(-c2cc(OC)cc(C(=O)O)c2N)c1. The van der Waals surface area contributed by atoms with Crippen LogP contribution in [0.15, 0.2) is 30.3 Å². The average Bonchev–Trinajstić information content (AvgIpc) is 2.54. The van der Waals surface area contributed by atoms with Crippen molar-refractivity contribution in [3.63, 3.8) is 0 Å². The first-order chi connectivity index (χ1) is 10.9. The molecule has 0 aliphatic rings. The maximum atomic E-state index is 11.3. The third-order valence-corrected chi connectivity index (χ3v) is 3.32. The van der Waals surface area contributed by atoms with Gasteiger partial charge in [0, 0.05) is 5.56 Å². The zero-order valence-corrected chi connectivity index (χ0v) is 12.5. The fraction of sp³-hybridized carbons (Fsp3) is 0.125. The lowest BCUT2D eigenvalue weighted by Gasteiger charge is -2.13. The van der Waals surface area contributed by atoms with Gasteiger partial charge >= 0.3 is 11.9 Å². The maximum absolute atomic E-state index is 11.3. The molecule has 0 aliphatic heterocycles. The predicted molar refractivity (Wildman–Crippen MR) is 83.3 cm³/mol. The second-order valence-electron chi connectivity index (χ2n) is 4.70.